The lowest BCUT2D eigenvalue weighted by atomic mass is 9.88. The Morgan fingerprint density at radius 3 is 2.04 bits per heavy atom. The molecule has 0 aromatic heterocycles. The highest BCUT2D eigenvalue weighted by Gasteiger charge is 2.28. The zero-order valence-corrected chi connectivity index (χ0v) is 15.8. The number of hydrogen-bond donors (Lipinski definition) is 1. The molecule has 1 N–H and O–H groups in total. The zero-order chi connectivity index (χ0) is 16.6. The van der Waals surface area contributed by atoms with Gasteiger partial charge in [-0.3, -0.25) is 4.90 Å². The summed E-state index contributed by atoms with van der Waals surface area (Å²) >= 11 is 1.81. The number of rotatable bonds is 7. The van der Waals surface area contributed by atoms with E-state index in [0.29, 0.717) is 5.75 Å². The van der Waals surface area contributed by atoms with Gasteiger partial charge in [-0.15, -0.1) is 11.8 Å². The molecule has 0 saturated heterocycles. The molecule has 2 aliphatic carbocycles. The third-order valence-electron chi connectivity index (χ3n) is 5.77. The Morgan fingerprint density at radius 1 is 0.875 bits per heavy atom. The van der Waals surface area contributed by atoms with Crippen molar-refractivity contribution in [3.63, 3.8) is 0 Å². The van der Waals surface area contributed by atoms with Crippen LogP contribution in [0.4, 0.5) is 0 Å². The second-order valence-corrected chi connectivity index (χ2v) is 8.63. The smallest absolute Gasteiger partial charge is 0.129 e. The quantitative estimate of drug-likeness (QED) is 0.495. The van der Waals surface area contributed by atoms with Crippen molar-refractivity contribution in [1.82, 2.24) is 4.90 Å². The van der Waals surface area contributed by atoms with Crippen LogP contribution < -0.4 is 0 Å². The fraction of sp³-hybridized carbons (Fsp3) is 0.714. The Morgan fingerprint density at radius 2 is 1.46 bits per heavy atom. The van der Waals surface area contributed by atoms with Gasteiger partial charge >= 0.3 is 0 Å². The highest BCUT2D eigenvalue weighted by atomic mass is 32.2. The summed E-state index contributed by atoms with van der Waals surface area (Å²) in [5.74, 6) is 1.53. The summed E-state index contributed by atoms with van der Waals surface area (Å²) in [7, 11) is 0. The zero-order valence-electron chi connectivity index (χ0n) is 15.0. The molecule has 134 valence electrons. The van der Waals surface area contributed by atoms with E-state index >= 15 is 0 Å². The van der Waals surface area contributed by atoms with Crippen LogP contribution in [0, 0.1) is 0 Å². The predicted octanol–water partition coefficient (Wildman–Crippen LogP) is 5.84. The van der Waals surface area contributed by atoms with Gasteiger partial charge in [0.15, 0.2) is 0 Å². The molecule has 1 aromatic carbocycles. The van der Waals surface area contributed by atoms with E-state index in [1.54, 1.807) is 17.8 Å². The van der Waals surface area contributed by atoms with Gasteiger partial charge in [-0.05, 0) is 56.5 Å². The summed E-state index contributed by atoms with van der Waals surface area (Å²) in [6, 6.07) is 9.42. The summed E-state index contributed by atoms with van der Waals surface area (Å²) in [5.41, 5.74) is 0. The highest BCUT2D eigenvalue weighted by Crippen LogP contribution is 2.31. The third-order valence-corrected chi connectivity index (χ3v) is 6.92. The standard InChI is InChI=1S/C21H33NOS/c23-20-14-7-8-15-21(20)24-17-9-16-22(18-10-3-1-4-11-18)19-12-5-2-6-13-19/h7-8,14-15,18-19,23H,1-6,9-13,16-17H2. The molecule has 2 nitrogen and oxygen atoms in total. The second-order valence-electron chi connectivity index (χ2n) is 7.49. The van der Waals surface area contributed by atoms with Crippen LogP contribution in [-0.4, -0.2) is 34.4 Å². The number of hydrogen-bond acceptors (Lipinski definition) is 3. The molecule has 3 rings (SSSR count). The van der Waals surface area contributed by atoms with Crippen molar-refractivity contribution in [3.05, 3.63) is 24.3 Å². The third kappa shape index (κ3) is 5.16. The molecule has 2 saturated carbocycles. The van der Waals surface area contributed by atoms with Gasteiger partial charge in [0.2, 0.25) is 0 Å². The van der Waals surface area contributed by atoms with Crippen molar-refractivity contribution in [3.8, 4) is 5.75 Å². The summed E-state index contributed by atoms with van der Waals surface area (Å²) in [6.07, 6.45) is 15.5. The molecule has 0 heterocycles. The van der Waals surface area contributed by atoms with Crippen LogP contribution in [0.25, 0.3) is 0 Å². The summed E-state index contributed by atoms with van der Waals surface area (Å²) in [4.78, 5) is 3.92. The topological polar surface area (TPSA) is 23.5 Å². The van der Waals surface area contributed by atoms with E-state index in [2.05, 4.69) is 4.90 Å². The van der Waals surface area contributed by atoms with Crippen molar-refractivity contribution in [1.29, 1.82) is 0 Å². The van der Waals surface area contributed by atoms with Gasteiger partial charge < -0.3 is 5.11 Å². The van der Waals surface area contributed by atoms with E-state index in [1.807, 2.05) is 18.2 Å². The molecule has 2 fully saturated rings. The number of phenols is 1. The largest absolute Gasteiger partial charge is 0.507 e. The number of nitrogens with zero attached hydrogens (tertiary/aromatic N) is 1. The lowest BCUT2D eigenvalue weighted by Gasteiger charge is -2.41. The maximum atomic E-state index is 9.90. The normalized spacial score (nSPS) is 20.5. The summed E-state index contributed by atoms with van der Waals surface area (Å²) in [6.45, 7) is 1.25. The first-order valence-corrected chi connectivity index (χ1v) is 11.0. The molecular formula is C21H33NOS. The second kappa shape index (κ2) is 9.72. The molecule has 0 bridgehead atoms. The Hall–Kier alpha value is -0.670. The maximum absolute atomic E-state index is 9.90. The van der Waals surface area contributed by atoms with E-state index in [-0.39, 0.29) is 0 Å². The van der Waals surface area contributed by atoms with Gasteiger partial charge in [-0.1, -0.05) is 50.7 Å². The van der Waals surface area contributed by atoms with Crippen molar-refractivity contribution in [2.75, 3.05) is 12.3 Å². The molecule has 3 heteroatoms. The van der Waals surface area contributed by atoms with Gasteiger partial charge in [0.1, 0.15) is 5.75 Å². The van der Waals surface area contributed by atoms with E-state index in [9.17, 15) is 5.11 Å². The first kappa shape index (κ1) is 18.1. The predicted molar refractivity (Wildman–Crippen MR) is 104 cm³/mol. The molecule has 0 unspecified atom stereocenters. The van der Waals surface area contributed by atoms with E-state index in [1.165, 1.54) is 77.2 Å². The first-order valence-electron chi connectivity index (χ1n) is 10.0. The Bertz CT molecular complexity index is 462. The number of aromatic hydroxyl groups is 1. The average Bonchev–Trinajstić information content (AvgIpc) is 2.64. The Labute approximate surface area is 152 Å². The summed E-state index contributed by atoms with van der Waals surface area (Å²) in [5, 5.41) is 9.90. The minimum Gasteiger partial charge on any atom is -0.507 e. The number of phenolic OH excluding ortho intramolecular Hbond substituents is 1. The Balaban J connectivity index is 1.50. The fourth-order valence-corrected chi connectivity index (χ4v) is 5.38. The van der Waals surface area contributed by atoms with Crippen LogP contribution in [0.5, 0.6) is 5.75 Å². The monoisotopic (exact) mass is 347 g/mol. The number of para-hydroxylation sites is 1. The van der Waals surface area contributed by atoms with Gasteiger partial charge in [-0.2, -0.15) is 0 Å². The molecule has 0 amide bonds. The molecule has 2 aliphatic rings. The van der Waals surface area contributed by atoms with Gasteiger partial charge in [0.25, 0.3) is 0 Å². The lowest BCUT2D eigenvalue weighted by molar-refractivity contribution is 0.0813. The highest BCUT2D eigenvalue weighted by molar-refractivity contribution is 7.99. The SMILES string of the molecule is Oc1ccccc1SCCCN(C1CCCCC1)C1CCCCC1. The van der Waals surface area contributed by atoms with Gasteiger partial charge in [0, 0.05) is 17.0 Å². The number of thioether (sulfide) groups is 1. The van der Waals surface area contributed by atoms with Crippen molar-refractivity contribution in [2.45, 2.75) is 87.6 Å². The van der Waals surface area contributed by atoms with E-state index in [4.69, 9.17) is 0 Å². The summed E-state index contributed by atoms with van der Waals surface area (Å²) < 4.78 is 0. The molecule has 0 radical (unpaired) electrons. The minimum absolute atomic E-state index is 0.430. The first-order chi connectivity index (χ1) is 11.8. The lowest BCUT2D eigenvalue weighted by Crippen LogP contribution is -2.45. The van der Waals surface area contributed by atoms with Crippen LogP contribution in [0.3, 0.4) is 0 Å². The molecular weight excluding hydrogens is 314 g/mol. The van der Waals surface area contributed by atoms with Crippen molar-refractivity contribution < 1.29 is 5.11 Å². The van der Waals surface area contributed by atoms with Crippen molar-refractivity contribution >= 4 is 11.8 Å². The molecule has 24 heavy (non-hydrogen) atoms. The van der Waals surface area contributed by atoms with E-state index < -0.39 is 0 Å². The van der Waals surface area contributed by atoms with Crippen LogP contribution in [0.1, 0.15) is 70.6 Å². The van der Waals surface area contributed by atoms with E-state index in [0.717, 1.165) is 22.7 Å². The van der Waals surface area contributed by atoms with Crippen LogP contribution >= 0.6 is 11.8 Å². The molecule has 0 spiro atoms. The molecule has 0 atom stereocenters. The van der Waals surface area contributed by atoms with Crippen LogP contribution in [0.2, 0.25) is 0 Å². The average molecular weight is 348 g/mol. The van der Waals surface area contributed by atoms with Gasteiger partial charge in [0.05, 0.1) is 0 Å². The number of benzene rings is 1. The Kier molecular flexibility index (Phi) is 7.34. The maximum Gasteiger partial charge on any atom is 0.129 e. The van der Waals surface area contributed by atoms with Crippen LogP contribution in [-0.2, 0) is 0 Å². The van der Waals surface area contributed by atoms with Gasteiger partial charge in [-0.25, -0.2) is 0 Å². The van der Waals surface area contributed by atoms with Crippen molar-refractivity contribution in [2.24, 2.45) is 0 Å². The molecule has 1 aromatic rings. The fourth-order valence-electron chi connectivity index (χ4n) is 4.50. The minimum atomic E-state index is 0.430. The van der Waals surface area contributed by atoms with Crippen LogP contribution in [0.15, 0.2) is 29.2 Å². The molecule has 0 aliphatic heterocycles.